The van der Waals surface area contributed by atoms with Gasteiger partial charge in [-0.15, -0.1) is 0 Å². The lowest BCUT2D eigenvalue weighted by molar-refractivity contribution is 0.292. The molecule has 1 aliphatic heterocycles. The fourth-order valence-corrected chi connectivity index (χ4v) is 2.75. The van der Waals surface area contributed by atoms with E-state index in [0.29, 0.717) is 13.1 Å². The van der Waals surface area contributed by atoms with E-state index in [1.807, 2.05) is 18.3 Å². The fourth-order valence-electron chi connectivity index (χ4n) is 1.70. The lowest BCUT2D eigenvalue weighted by Gasteiger charge is -2.18. The molecule has 0 radical (unpaired) electrons. The SMILES string of the molecule is O=S1(=O)CCN(Cc2cccnc2)CCN1. The predicted molar refractivity (Wildman–Crippen MR) is 61.3 cm³/mol. The molecule has 0 bridgehead atoms. The van der Waals surface area contributed by atoms with Crippen LogP contribution in [-0.2, 0) is 16.6 Å². The molecule has 0 atom stereocenters. The molecule has 2 heterocycles. The molecule has 88 valence electrons. The highest BCUT2D eigenvalue weighted by Gasteiger charge is 2.18. The van der Waals surface area contributed by atoms with E-state index in [0.717, 1.165) is 18.7 Å². The molecule has 0 saturated carbocycles. The number of hydrogen-bond donors (Lipinski definition) is 1. The average molecular weight is 241 g/mol. The zero-order chi connectivity index (χ0) is 11.4. The molecule has 1 fully saturated rings. The molecule has 1 aliphatic rings. The average Bonchev–Trinajstić information content (AvgIpc) is 2.42. The minimum Gasteiger partial charge on any atom is -0.297 e. The molecular formula is C10H15N3O2S. The van der Waals surface area contributed by atoms with Crippen LogP contribution in [0, 0.1) is 0 Å². The second-order valence-corrected chi connectivity index (χ2v) is 5.78. The number of pyridine rings is 1. The summed E-state index contributed by atoms with van der Waals surface area (Å²) >= 11 is 0. The van der Waals surface area contributed by atoms with Gasteiger partial charge in [-0.25, -0.2) is 13.1 Å². The summed E-state index contributed by atoms with van der Waals surface area (Å²) in [5, 5.41) is 0. The Hall–Kier alpha value is -0.980. The largest absolute Gasteiger partial charge is 0.297 e. The van der Waals surface area contributed by atoms with Crippen molar-refractivity contribution in [1.82, 2.24) is 14.6 Å². The molecule has 1 aromatic rings. The van der Waals surface area contributed by atoms with E-state index in [2.05, 4.69) is 14.6 Å². The summed E-state index contributed by atoms with van der Waals surface area (Å²) in [5.74, 6) is 0.174. The Morgan fingerprint density at radius 3 is 3.06 bits per heavy atom. The molecule has 6 heteroatoms. The third-order valence-electron chi connectivity index (χ3n) is 2.56. The predicted octanol–water partition coefficient (Wildman–Crippen LogP) is -0.183. The number of nitrogens with one attached hydrogen (secondary N) is 1. The highest BCUT2D eigenvalue weighted by Crippen LogP contribution is 2.04. The molecule has 0 unspecified atom stereocenters. The van der Waals surface area contributed by atoms with Crippen molar-refractivity contribution in [3.05, 3.63) is 30.1 Å². The Morgan fingerprint density at radius 1 is 1.44 bits per heavy atom. The number of aromatic nitrogens is 1. The highest BCUT2D eigenvalue weighted by molar-refractivity contribution is 7.89. The normalized spacial score (nSPS) is 21.5. The molecule has 0 aliphatic carbocycles. The zero-order valence-electron chi connectivity index (χ0n) is 8.96. The summed E-state index contributed by atoms with van der Waals surface area (Å²) in [6, 6.07) is 3.89. The van der Waals surface area contributed by atoms with Crippen LogP contribution >= 0.6 is 0 Å². The topological polar surface area (TPSA) is 62.3 Å². The maximum Gasteiger partial charge on any atom is 0.212 e. The maximum absolute atomic E-state index is 11.3. The monoisotopic (exact) mass is 241 g/mol. The highest BCUT2D eigenvalue weighted by atomic mass is 32.2. The molecule has 2 rings (SSSR count). The van der Waals surface area contributed by atoms with Gasteiger partial charge in [0, 0.05) is 38.6 Å². The van der Waals surface area contributed by atoms with E-state index in [1.54, 1.807) is 6.20 Å². The van der Waals surface area contributed by atoms with Crippen LogP contribution in [0.3, 0.4) is 0 Å². The first-order chi connectivity index (χ1) is 7.66. The van der Waals surface area contributed by atoms with Crippen molar-refractivity contribution in [3.8, 4) is 0 Å². The van der Waals surface area contributed by atoms with Gasteiger partial charge in [-0.2, -0.15) is 0 Å². The van der Waals surface area contributed by atoms with E-state index in [1.165, 1.54) is 0 Å². The van der Waals surface area contributed by atoms with E-state index in [-0.39, 0.29) is 5.75 Å². The van der Waals surface area contributed by atoms with Gasteiger partial charge in [0.25, 0.3) is 0 Å². The minimum absolute atomic E-state index is 0.174. The van der Waals surface area contributed by atoms with Crippen molar-refractivity contribution in [2.45, 2.75) is 6.54 Å². The summed E-state index contributed by atoms with van der Waals surface area (Å²) in [5.41, 5.74) is 1.11. The van der Waals surface area contributed by atoms with Crippen LogP contribution in [0.15, 0.2) is 24.5 Å². The first-order valence-electron chi connectivity index (χ1n) is 5.24. The Kier molecular flexibility index (Phi) is 3.52. The van der Waals surface area contributed by atoms with Gasteiger partial charge in [-0.1, -0.05) is 6.07 Å². The number of nitrogens with zero attached hydrogens (tertiary/aromatic N) is 2. The third-order valence-corrected chi connectivity index (χ3v) is 3.92. The lowest BCUT2D eigenvalue weighted by atomic mass is 10.2. The van der Waals surface area contributed by atoms with E-state index >= 15 is 0 Å². The fraction of sp³-hybridized carbons (Fsp3) is 0.500. The molecule has 1 N–H and O–H groups in total. The summed E-state index contributed by atoms with van der Waals surface area (Å²) in [4.78, 5) is 6.16. The number of hydrogen-bond acceptors (Lipinski definition) is 4. The van der Waals surface area contributed by atoms with Gasteiger partial charge in [-0.05, 0) is 11.6 Å². The van der Waals surface area contributed by atoms with Crippen LogP contribution in [0.4, 0.5) is 0 Å². The van der Waals surface area contributed by atoms with Crippen LogP contribution in [0.2, 0.25) is 0 Å². The minimum atomic E-state index is -3.05. The van der Waals surface area contributed by atoms with Crippen molar-refractivity contribution < 1.29 is 8.42 Å². The third kappa shape index (κ3) is 3.26. The van der Waals surface area contributed by atoms with Gasteiger partial charge >= 0.3 is 0 Å². The second-order valence-electron chi connectivity index (χ2n) is 3.85. The van der Waals surface area contributed by atoms with E-state index in [9.17, 15) is 8.42 Å². The van der Waals surface area contributed by atoms with Gasteiger partial charge in [0.2, 0.25) is 10.0 Å². The smallest absolute Gasteiger partial charge is 0.212 e. The molecule has 16 heavy (non-hydrogen) atoms. The molecule has 0 amide bonds. The lowest BCUT2D eigenvalue weighted by Crippen LogP contribution is -2.28. The number of sulfonamides is 1. The summed E-state index contributed by atoms with van der Waals surface area (Å²) < 4.78 is 25.2. The van der Waals surface area contributed by atoms with Crippen LogP contribution < -0.4 is 4.72 Å². The van der Waals surface area contributed by atoms with Gasteiger partial charge in [0.15, 0.2) is 0 Å². The number of rotatable bonds is 2. The van der Waals surface area contributed by atoms with Crippen LogP contribution in [-0.4, -0.2) is 43.7 Å². The Balaban J connectivity index is 1.97. The van der Waals surface area contributed by atoms with Gasteiger partial charge < -0.3 is 0 Å². The summed E-state index contributed by atoms with van der Waals surface area (Å²) in [7, 11) is -3.05. The van der Waals surface area contributed by atoms with Crippen molar-refractivity contribution in [2.24, 2.45) is 0 Å². The Labute approximate surface area is 95.5 Å². The van der Waals surface area contributed by atoms with E-state index in [4.69, 9.17) is 0 Å². The zero-order valence-corrected chi connectivity index (χ0v) is 9.78. The van der Waals surface area contributed by atoms with Crippen molar-refractivity contribution >= 4 is 10.0 Å². The second kappa shape index (κ2) is 4.90. The summed E-state index contributed by atoms with van der Waals surface area (Å²) in [6.07, 6.45) is 3.55. The van der Waals surface area contributed by atoms with Crippen molar-refractivity contribution in [2.75, 3.05) is 25.4 Å². The van der Waals surface area contributed by atoms with Crippen LogP contribution in [0.1, 0.15) is 5.56 Å². The van der Waals surface area contributed by atoms with Gasteiger partial charge in [0.1, 0.15) is 0 Å². The standard InChI is InChI=1S/C10H15N3O2S/c14-16(15)7-6-13(5-4-12-16)9-10-2-1-3-11-8-10/h1-3,8,12H,4-7,9H2. The molecule has 1 saturated heterocycles. The Bertz CT molecular complexity index is 433. The first-order valence-corrected chi connectivity index (χ1v) is 6.89. The van der Waals surface area contributed by atoms with Crippen LogP contribution in [0.25, 0.3) is 0 Å². The molecule has 1 aromatic heterocycles. The van der Waals surface area contributed by atoms with Crippen molar-refractivity contribution in [1.29, 1.82) is 0 Å². The first kappa shape index (κ1) is 11.5. The van der Waals surface area contributed by atoms with Crippen molar-refractivity contribution in [3.63, 3.8) is 0 Å². The van der Waals surface area contributed by atoms with E-state index < -0.39 is 10.0 Å². The Morgan fingerprint density at radius 2 is 2.31 bits per heavy atom. The van der Waals surface area contributed by atoms with Gasteiger partial charge in [0.05, 0.1) is 5.75 Å². The molecule has 0 spiro atoms. The quantitative estimate of drug-likeness (QED) is 0.780. The molecular weight excluding hydrogens is 226 g/mol. The maximum atomic E-state index is 11.3. The van der Waals surface area contributed by atoms with Gasteiger partial charge in [-0.3, -0.25) is 9.88 Å². The molecule has 0 aromatic carbocycles. The summed E-state index contributed by atoms with van der Waals surface area (Å²) in [6.45, 7) is 2.56. The molecule has 5 nitrogen and oxygen atoms in total. The van der Waals surface area contributed by atoms with Crippen LogP contribution in [0.5, 0.6) is 0 Å².